The van der Waals surface area contributed by atoms with Gasteiger partial charge in [-0.05, 0) is 24.6 Å². The van der Waals surface area contributed by atoms with E-state index in [0.29, 0.717) is 17.9 Å². The standard InChI is InChI=1S/C20H18F3N5O3/c1-11-8-27-17(16(7-25-27)28-9-13(6-24-28)20(30)31-2)10-26(11)18(29)5-12-3-14(21)19(23)15(22)4-12/h3-4,6-7,9,11H,5,8,10H2,1-2H3/t11-/m0/s1. The van der Waals surface area contributed by atoms with Gasteiger partial charge in [0.2, 0.25) is 5.91 Å². The van der Waals surface area contributed by atoms with E-state index < -0.39 is 23.4 Å². The predicted octanol–water partition coefficient (Wildman–Crippen LogP) is 2.25. The van der Waals surface area contributed by atoms with Gasteiger partial charge in [0.05, 0.1) is 50.3 Å². The highest BCUT2D eigenvalue weighted by Gasteiger charge is 2.30. The molecule has 0 bridgehead atoms. The van der Waals surface area contributed by atoms with Crippen LogP contribution in [0.1, 0.15) is 28.5 Å². The number of ether oxygens (including phenoxy) is 1. The average molecular weight is 433 g/mol. The summed E-state index contributed by atoms with van der Waals surface area (Å²) in [4.78, 5) is 26.1. The van der Waals surface area contributed by atoms with Crippen molar-refractivity contribution in [1.82, 2.24) is 24.5 Å². The molecule has 3 heterocycles. The van der Waals surface area contributed by atoms with Crippen LogP contribution in [0, 0.1) is 17.5 Å². The quantitative estimate of drug-likeness (QED) is 0.466. The lowest BCUT2D eigenvalue weighted by Gasteiger charge is -2.34. The van der Waals surface area contributed by atoms with Crippen LogP contribution in [0.3, 0.4) is 0 Å². The molecule has 0 spiro atoms. The second-order valence-corrected chi connectivity index (χ2v) is 7.24. The number of rotatable bonds is 4. The Labute approximate surface area is 174 Å². The van der Waals surface area contributed by atoms with Crippen LogP contribution in [0.5, 0.6) is 0 Å². The molecule has 0 aliphatic carbocycles. The van der Waals surface area contributed by atoms with Crippen molar-refractivity contribution in [3.8, 4) is 5.69 Å². The number of aromatic nitrogens is 4. The number of fused-ring (bicyclic) bond motifs is 1. The Kier molecular flexibility index (Phi) is 5.25. The fourth-order valence-corrected chi connectivity index (χ4v) is 3.58. The fourth-order valence-electron chi connectivity index (χ4n) is 3.58. The summed E-state index contributed by atoms with van der Waals surface area (Å²) < 4.78 is 48.1. The summed E-state index contributed by atoms with van der Waals surface area (Å²) in [5.41, 5.74) is 1.57. The Bertz CT molecular complexity index is 1150. The molecular weight excluding hydrogens is 415 g/mol. The SMILES string of the molecule is COC(=O)c1cnn(-c2cnn3c2CN(C(=O)Cc2cc(F)c(F)c(F)c2)[C@@H](C)C3)c1. The molecule has 2 aromatic heterocycles. The predicted molar refractivity (Wildman–Crippen MR) is 101 cm³/mol. The Balaban J connectivity index is 1.58. The number of carbonyl (C=O) groups is 2. The molecule has 1 atom stereocenters. The molecule has 162 valence electrons. The van der Waals surface area contributed by atoms with Gasteiger partial charge in [0.25, 0.3) is 0 Å². The van der Waals surface area contributed by atoms with Gasteiger partial charge < -0.3 is 9.64 Å². The molecule has 0 saturated carbocycles. The summed E-state index contributed by atoms with van der Waals surface area (Å²) in [5.74, 6) is -5.14. The highest BCUT2D eigenvalue weighted by molar-refractivity contribution is 5.88. The van der Waals surface area contributed by atoms with Gasteiger partial charge in [0.15, 0.2) is 17.5 Å². The van der Waals surface area contributed by atoms with E-state index in [1.807, 2.05) is 6.92 Å². The number of benzene rings is 1. The number of methoxy groups -OCH3 is 1. The van der Waals surface area contributed by atoms with Crippen LogP contribution >= 0.6 is 0 Å². The van der Waals surface area contributed by atoms with Crippen molar-refractivity contribution in [3.63, 3.8) is 0 Å². The molecule has 0 unspecified atom stereocenters. The van der Waals surface area contributed by atoms with E-state index in [4.69, 9.17) is 0 Å². The normalized spacial score (nSPS) is 15.6. The van der Waals surface area contributed by atoms with Gasteiger partial charge in [0, 0.05) is 12.2 Å². The molecule has 31 heavy (non-hydrogen) atoms. The van der Waals surface area contributed by atoms with Crippen LogP contribution in [-0.4, -0.2) is 49.5 Å². The van der Waals surface area contributed by atoms with Crippen molar-refractivity contribution in [2.75, 3.05) is 7.11 Å². The summed E-state index contributed by atoms with van der Waals surface area (Å²) in [6.07, 6.45) is 4.16. The van der Waals surface area contributed by atoms with Crippen LogP contribution in [0.2, 0.25) is 0 Å². The van der Waals surface area contributed by atoms with Crippen molar-refractivity contribution < 1.29 is 27.5 Å². The van der Waals surface area contributed by atoms with Crippen molar-refractivity contribution >= 4 is 11.9 Å². The Morgan fingerprint density at radius 3 is 2.55 bits per heavy atom. The molecule has 0 N–H and O–H groups in total. The lowest BCUT2D eigenvalue weighted by Crippen LogP contribution is -2.45. The third kappa shape index (κ3) is 3.78. The molecule has 1 aliphatic rings. The molecule has 1 amide bonds. The second-order valence-electron chi connectivity index (χ2n) is 7.24. The molecule has 0 radical (unpaired) electrons. The van der Waals surface area contributed by atoms with E-state index in [1.165, 1.54) is 24.2 Å². The van der Waals surface area contributed by atoms with Gasteiger partial charge in [-0.1, -0.05) is 0 Å². The van der Waals surface area contributed by atoms with Crippen LogP contribution in [0.15, 0.2) is 30.7 Å². The number of carbonyl (C=O) groups excluding carboxylic acids is 2. The highest BCUT2D eigenvalue weighted by Crippen LogP contribution is 2.24. The zero-order valence-electron chi connectivity index (χ0n) is 16.7. The molecule has 4 rings (SSSR count). The smallest absolute Gasteiger partial charge is 0.341 e. The first-order valence-electron chi connectivity index (χ1n) is 9.39. The number of hydrogen-bond donors (Lipinski definition) is 0. The van der Waals surface area contributed by atoms with E-state index in [0.717, 1.165) is 12.1 Å². The molecular formula is C20H18F3N5O3. The zero-order chi connectivity index (χ0) is 22.3. The number of esters is 1. The Hall–Kier alpha value is -3.63. The lowest BCUT2D eigenvalue weighted by molar-refractivity contribution is -0.134. The molecule has 0 fully saturated rings. The Morgan fingerprint density at radius 1 is 1.16 bits per heavy atom. The zero-order valence-corrected chi connectivity index (χ0v) is 16.7. The molecule has 3 aromatic rings. The second kappa shape index (κ2) is 7.89. The topological polar surface area (TPSA) is 82.2 Å². The third-order valence-corrected chi connectivity index (χ3v) is 5.19. The monoisotopic (exact) mass is 433 g/mol. The highest BCUT2D eigenvalue weighted by atomic mass is 19.2. The maximum absolute atomic E-state index is 13.5. The average Bonchev–Trinajstić information content (AvgIpc) is 3.37. The number of halogens is 3. The molecule has 11 heteroatoms. The summed E-state index contributed by atoms with van der Waals surface area (Å²) in [6, 6.07) is 1.41. The van der Waals surface area contributed by atoms with Crippen molar-refractivity contribution in [2.45, 2.75) is 32.5 Å². The van der Waals surface area contributed by atoms with E-state index in [9.17, 15) is 22.8 Å². The number of hydrogen-bond acceptors (Lipinski definition) is 5. The van der Waals surface area contributed by atoms with Crippen molar-refractivity contribution in [1.29, 1.82) is 0 Å². The van der Waals surface area contributed by atoms with Gasteiger partial charge in [-0.25, -0.2) is 22.6 Å². The third-order valence-electron chi connectivity index (χ3n) is 5.19. The molecule has 8 nitrogen and oxygen atoms in total. The van der Waals surface area contributed by atoms with Crippen LogP contribution in [-0.2, 0) is 29.0 Å². The fraction of sp³-hybridized carbons (Fsp3) is 0.300. The van der Waals surface area contributed by atoms with E-state index in [1.54, 1.807) is 15.8 Å². The van der Waals surface area contributed by atoms with Crippen molar-refractivity contribution in [3.05, 3.63) is 65.0 Å². The first-order chi connectivity index (χ1) is 14.8. The number of amides is 1. The first-order valence-corrected chi connectivity index (χ1v) is 9.39. The van der Waals surface area contributed by atoms with E-state index in [-0.39, 0.29) is 36.0 Å². The van der Waals surface area contributed by atoms with E-state index in [2.05, 4.69) is 14.9 Å². The molecule has 0 saturated heterocycles. The minimum Gasteiger partial charge on any atom is -0.465 e. The summed E-state index contributed by atoms with van der Waals surface area (Å²) in [7, 11) is 1.27. The van der Waals surface area contributed by atoms with Gasteiger partial charge in [0.1, 0.15) is 5.69 Å². The van der Waals surface area contributed by atoms with Crippen molar-refractivity contribution in [2.24, 2.45) is 0 Å². The lowest BCUT2D eigenvalue weighted by atomic mass is 10.1. The molecule has 1 aromatic carbocycles. The first kappa shape index (κ1) is 20.6. The number of nitrogens with zero attached hydrogens (tertiary/aromatic N) is 5. The maximum atomic E-state index is 13.5. The Morgan fingerprint density at radius 2 is 1.87 bits per heavy atom. The van der Waals surface area contributed by atoms with Crippen LogP contribution in [0.25, 0.3) is 5.69 Å². The van der Waals surface area contributed by atoms with Crippen LogP contribution < -0.4 is 0 Å². The molecule has 1 aliphatic heterocycles. The maximum Gasteiger partial charge on any atom is 0.341 e. The van der Waals surface area contributed by atoms with E-state index >= 15 is 0 Å². The summed E-state index contributed by atoms with van der Waals surface area (Å²) in [6.45, 7) is 2.41. The van der Waals surface area contributed by atoms with Gasteiger partial charge >= 0.3 is 5.97 Å². The van der Waals surface area contributed by atoms with Gasteiger partial charge in [-0.2, -0.15) is 10.2 Å². The summed E-state index contributed by atoms with van der Waals surface area (Å²) in [5, 5.41) is 8.49. The van der Waals surface area contributed by atoms with Crippen LogP contribution in [0.4, 0.5) is 13.2 Å². The minimum atomic E-state index is -1.57. The summed E-state index contributed by atoms with van der Waals surface area (Å²) >= 11 is 0. The van der Waals surface area contributed by atoms with Gasteiger partial charge in [-0.3, -0.25) is 9.48 Å². The minimum absolute atomic E-state index is 0.0442. The largest absolute Gasteiger partial charge is 0.465 e. The van der Waals surface area contributed by atoms with Gasteiger partial charge in [-0.15, -0.1) is 0 Å².